The monoisotopic (exact) mass is 450 g/mol. The highest BCUT2D eigenvalue weighted by molar-refractivity contribution is 8.00. The molecular weight excluding hydrogens is 424 g/mol. The van der Waals surface area contributed by atoms with E-state index >= 15 is 0 Å². The molecule has 0 fully saturated rings. The summed E-state index contributed by atoms with van der Waals surface area (Å²) >= 11 is 1.31. The number of carbonyl (C=O) groups excluding carboxylic acids is 2. The van der Waals surface area contributed by atoms with Crippen molar-refractivity contribution >= 4 is 35.0 Å². The lowest BCUT2D eigenvalue weighted by Gasteiger charge is -2.12. The van der Waals surface area contributed by atoms with Gasteiger partial charge in [0.25, 0.3) is 5.91 Å². The van der Waals surface area contributed by atoms with E-state index in [2.05, 4.69) is 16.7 Å². The number of methoxy groups -OCH3 is 2. The molecule has 6 nitrogen and oxygen atoms in total. The van der Waals surface area contributed by atoms with Crippen LogP contribution in [0.1, 0.15) is 21.5 Å². The average molecular weight is 451 g/mol. The first kappa shape index (κ1) is 23.2. The zero-order valence-electron chi connectivity index (χ0n) is 18.5. The van der Waals surface area contributed by atoms with Gasteiger partial charge in [0, 0.05) is 22.3 Å². The lowest BCUT2D eigenvalue weighted by Crippen LogP contribution is -2.16. The van der Waals surface area contributed by atoms with Gasteiger partial charge in [-0.2, -0.15) is 0 Å². The zero-order chi connectivity index (χ0) is 23.1. The number of thioether (sulfide) groups is 1. The zero-order valence-corrected chi connectivity index (χ0v) is 19.3. The predicted octanol–water partition coefficient (Wildman–Crippen LogP) is 5.30. The Kier molecular flexibility index (Phi) is 7.78. The molecule has 0 saturated heterocycles. The van der Waals surface area contributed by atoms with Crippen LogP contribution in [0.25, 0.3) is 0 Å². The van der Waals surface area contributed by atoms with Gasteiger partial charge in [0.05, 0.1) is 25.5 Å². The maximum absolute atomic E-state index is 12.9. The van der Waals surface area contributed by atoms with Gasteiger partial charge in [-0.15, -0.1) is 11.8 Å². The molecule has 2 N–H and O–H groups in total. The van der Waals surface area contributed by atoms with E-state index in [1.807, 2.05) is 44.2 Å². The maximum Gasteiger partial charge on any atom is 0.256 e. The number of anilines is 2. The first-order chi connectivity index (χ1) is 15.4. The van der Waals surface area contributed by atoms with Crippen molar-refractivity contribution < 1.29 is 19.1 Å². The van der Waals surface area contributed by atoms with Crippen LogP contribution in [-0.4, -0.2) is 31.8 Å². The minimum absolute atomic E-state index is 0.155. The minimum Gasteiger partial charge on any atom is -0.493 e. The van der Waals surface area contributed by atoms with Crippen LogP contribution in [0.5, 0.6) is 11.5 Å². The molecule has 0 aliphatic heterocycles. The number of hydrogen-bond donors (Lipinski definition) is 2. The Morgan fingerprint density at radius 3 is 2.19 bits per heavy atom. The van der Waals surface area contributed by atoms with Crippen LogP contribution in [0.4, 0.5) is 11.4 Å². The van der Waals surface area contributed by atoms with Crippen molar-refractivity contribution in [2.45, 2.75) is 18.7 Å². The fraction of sp³-hybridized carbons (Fsp3) is 0.200. The van der Waals surface area contributed by atoms with Crippen LogP contribution in [0, 0.1) is 13.8 Å². The highest BCUT2D eigenvalue weighted by Crippen LogP contribution is 2.30. The van der Waals surface area contributed by atoms with E-state index in [9.17, 15) is 9.59 Å². The lowest BCUT2D eigenvalue weighted by molar-refractivity contribution is -0.113. The summed E-state index contributed by atoms with van der Waals surface area (Å²) < 4.78 is 10.5. The Balaban J connectivity index is 1.66. The number of nitrogens with one attached hydrogen (secondary N) is 2. The summed E-state index contributed by atoms with van der Waals surface area (Å²) in [5, 5.41) is 5.80. The third-order valence-corrected chi connectivity index (χ3v) is 5.71. The maximum atomic E-state index is 12.9. The van der Waals surface area contributed by atoms with Gasteiger partial charge < -0.3 is 20.1 Å². The highest BCUT2D eigenvalue weighted by atomic mass is 32.2. The summed E-state index contributed by atoms with van der Waals surface area (Å²) in [4.78, 5) is 26.1. The van der Waals surface area contributed by atoms with Crippen molar-refractivity contribution in [3.05, 3.63) is 77.4 Å². The molecular formula is C25H26N2O4S. The van der Waals surface area contributed by atoms with Crippen molar-refractivity contribution in [2.75, 3.05) is 30.6 Å². The van der Waals surface area contributed by atoms with Crippen LogP contribution in [0.15, 0.2) is 65.6 Å². The first-order valence-corrected chi connectivity index (χ1v) is 11.0. The largest absolute Gasteiger partial charge is 0.493 e. The molecule has 0 saturated carbocycles. The van der Waals surface area contributed by atoms with Gasteiger partial charge in [0.2, 0.25) is 5.91 Å². The highest BCUT2D eigenvalue weighted by Gasteiger charge is 2.14. The minimum atomic E-state index is -0.210. The molecule has 7 heteroatoms. The Hall–Kier alpha value is -3.45. The average Bonchev–Trinajstić information content (AvgIpc) is 2.77. The predicted molar refractivity (Wildman–Crippen MR) is 129 cm³/mol. The summed E-state index contributed by atoms with van der Waals surface area (Å²) in [7, 11) is 3.10. The molecule has 166 valence electrons. The van der Waals surface area contributed by atoms with Crippen molar-refractivity contribution in [1.82, 2.24) is 0 Å². The molecule has 0 atom stereocenters. The van der Waals surface area contributed by atoms with Crippen molar-refractivity contribution in [2.24, 2.45) is 0 Å². The van der Waals surface area contributed by atoms with Gasteiger partial charge in [-0.1, -0.05) is 18.2 Å². The summed E-state index contributed by atoms with van der Waals surface area (Å²) in [5.41, 5.74) is 4.03. The molecule has 2 amide bonds. The number of hydrogen-bond acceptors (Lipinski definition) is 5. The Labute approximate surface area is 192 Å². The van der Waals surface area contributed by atoms with E-state index in [-0.39, 0.29) is 17.6 Å². The third-order valence-electron chi connectivity index (χ3n) is 4.64. The second-order valence-electron chi connectivity index (χ2n) is 7.23. The van der Waals surface area contributed by atoms with E-state index in [0.717, 1.165) is 21.7 Å². The molecule has 0 aromatic heterocycles. The topological polar surface area (TPSA) is 76.7 Å². The fourth-order valence-corrected chi connectivity index (χ4v) is 4.13. The second kappa shape index (κ2) is 10.7. The molecule has 3 rings (SSSR count). The van der Waals surface area contributed by atoms with E-state index in [0.29, 0.717) is 22.7 Å². The van der Waals surface area contributed by atoms with Crippen LogP contribution >= 0.6 is 11.8 Å². The first-order valence-electron chi connectivity index (χ1n) is 10.0. The molecule has 0 spiro atoms. The molecule has 0 aliphatic rings. The molecule has 0 bridgehead atoms. The van der Waals surface area contributed by atoms with E-state index in [4.69, 9.17) is 9.47 Å². The molecule has 0 unspecified atom stereocenters. The SMILES string of the molecule is COc1ccc(NC(=O)CSc2ccccc2C(=O)Nc2cc(C)cc(C)c2)cc1OC. The van der Waals surface area contributed by atoms with Gasteiger partial charge in [-0.3, -0.25) is 9.59 Å². The third kappa shape index (κ3) is 6.04. The van der Waals surface area contributed by atoms with Gasteiger partial charge in [0.1, 0.15) is 0 Å². The second-order valence-corrected chi connectivity index (χ2v) is 8.25. The van der Waals surface area contributed by atoms with Gasteiger partial charge in [-0.05, 0) is 61.4 Å². The molecule has 3 aromatic rings. The van der Waals surface area contributed by atoms with E-state index in [1.54, 1.807) is 38.5 Å². The Bertz CT molecular complexity index is 1110. The van der Waals surface area contributed by atoms with Crippen molar-refractivity contribution in [3.63, 3.8) is 0 Å². The smallest absolute Gasteiger partial charge is 0.256 e. The van der Waals surface area contributed by atoms with E-state index in [1.165, 1.54) is 11.8 Å². The number of benzene rings is 3. The summed E-state index contributed by atoms with van der Waals surface area (Å²) in [5.74, 6) is 0.877. The van der Waals surface area contributed by atoms with E-state index < -0.39 is 0 Å². The van der Waals surface area contributed by atoms with Gasteiger partial charge in [-0.25, -0.2) is 0 Å². The molecule has 32 heavy (non-hydrogen) atoms. The van der Waals surface area contributed by atoms with Crippen molar-refractivity contribution in [3.8, 4) is 11.5 Å². The van der Waals surface area contributed by atoms with Gasteiger partial charge in [0.15, 0.2) is 11.5 Å². The Morgan fingerprint density at radius 2 is 1.50 bits per heavy atom. The molecule has 0 heterocycles. The number of ether oxygens (including phenoxy) is 2. The van der Waals surface area contributed by atoms with Crippen LogP contribution in [-0.2, 0) is 4.79 Å². The van der Waals surface area contributed by atoms with Crippen LogP contribution < -0.4 is 20.1 Å². The number of aryl methyl sites for hydroxylation is 2. The quantitative estimate of drug-likeness (QED) is 0.455. The number of amides is 2. The van der Waals surface area contributed by atoms with Crippen LogP contribution in [0.2, 0.25) is 0 Å². The Morgan fingerprint density at radius 1 is 0.812 bits per heavy atom. The fourth-order valence-electron chi connectivity index (χ4n) is 3.28. The summed E-state index contributed by atoms with van der Waals surface area (Å²) in [6.07, 6.45) is 0. The summed E-state index contributed by atoms with van der Waals surface area (Å²) in [6.45, 7) is 3.98. The standard InChI is InChI=1S/C25H26N2O4S/c1-16-11-17(2)13-19(12-16)27-25(29)20-7-5-6-8-23(20)32-15-24(28)26-18-9-10-21(30-3)22(14-18)31-4/h5-14H,15H2,1-4H3,(H,26,28)(H,27,29). The molecule has 3 aromatic carbocycles. The number of rotatable bonds is 8. The lowest BCUT2D eigenvalue weighted by atomic mass is 10.1. The normalized spacial score (nSPS) is 10.4. The molecule has 0 radical (unpaired) electrons. The van der Waals surface area contributed by atoms with Crippen LogP contribution in [0.3, 0.4) is 0 Å². The van der Waals surface area contributed by atoms with Crippen molar-refractivity contribution in [1.29, 1.82) is 0 Å². The number of carbonyl (C=O) groups is 2. The van der Waals surface area contributed by atoms with Gasteiger partial charge >= 0.3 is 0 Å². The molecule has 0 aliphatic carbocycles. The summed E-state index contributed by atoms with van der Waals surface area (Å²) in [6, 6.07) is 18.3.